The average Bonchev–Trinajstić information content (AvgIpc) is 4.30. The van der Waals surface area contributed by atoms with Crippen LogP contribution in [0.2, 0.25) is 0 Å². The summed E-state index contributed by atoms with van der Waals surface area (Å²) in [5.74, 6) is 3.24. The lowest BCUT2D eigenvalue weighted by atomic mass is 9.88. The van der Waals surface area contributed by atoms with Crippen LogP contribution in [0.3, 0.4) is 0 Å². The highest BCUT2D eigenvalue weighted by molar-refractivity contribution is 7.07. The lowest BCUT2D eigenvalue weighted by Crippen LogP contribution is -2.29. The molecule has 422 valence electrons. The number of rotatable bonds is 7. The zero-order valence-corrected chi connectivity index (χ0v) is 52.7. The van der Waals surface area contributed by atoms with Crippen molar-refractivity contribution in [2.24, 2.45) is 49.3 Å². The maximum Gasteiger partial charge on any atom is 0.334 e. The van der Waals surface area contributed by atoms with E-state index in [0.29, 0.717) is 23.7 Å². The van der Waals surface area contributed by atoms with Gasteiger partial charge in [-0.05, 0) is 59.3 Å². The van der Waals surface area contributed by atoms with Crippen molar-refractivity contribution in [1.29, 1.82) is 0 Å². The highest BCUT2D eigenvalue weighted by Gasteiger charge is 2.26. The molecule has 0 N–H and O–H groups in total. The third-order valence-corrected chi connectivity index (χ3v) is 13.8. The number of para-hydroxylation sites is 2. The molecular formula is C69H96N9OS+7. The normalized spacial score (nSPS) is 10.6. The molecule has 7 heterocycles. The monoisotopic (exact) mass is 1100 g/mol. The summed E-state index contributed by atoms with van der Waals surface area (Å²) in [7, 11) is 14.1. The lowest BCUT2D eigenvalue weighted by molar-refractivity contribution is -0.674. The summed E-state index contributed by atoms with van der Waals surface area (Å²) in [5.41, 5.74) is 14.6. The fraction of sp³-hybridized carbons (Fsp3) is 0.348. The molecule has 0 aliphatic heterocycles. The van der Waals surface area contributed by atoms with E-state index in [2.05, 4.69) is 259 Å². The summed E-state index contributed by atoms with van der Waals surface area (Å²) >= 11 is 1.70. The van der Waals surface area contributed by atoms with Gasteiger partial charge in [0.2, 0.25) is 18.0 Å². The largest absolute Gasteiger partial charge is 0.412 e. The van der Waals surface area contributed by atoms with Crippen molar-refractivity contribution in [3.63, 3.8) is 0 Å². The van der Waals surface area contributed by atoms with Crippen LogP contribution in [-0.4, -0.2) is 9.13 Å². The predicted octanol–water partition coefficient (Wildman–Crippen LogP) is 12.6. The number of nitrogens with zero attached hydrogens (tertiary/aromatic N) is 9. The van der Waals surface area contributed by atoms with E-state index >= 15 is 0 Å². The van der Waals surface area contributed by atoms with E-state index in [1.54, 1.807) is 24.0 Å². The highest BCUT2D eigenvalue weighted by atomic mass is 32.1. The molecule has 0 saturated heterocycles. The van der Waals surface area contributed by atoms with Crippen LogP contribution in [0.1, 0.15) is 133 Å². The van der Waals surface area contributed by atoms with Gasteiger partial charge < -0.3 is 4.42 Å². The number of aryl methyl sites for hydroxylation is 8. The number of benzene rings is 3. The second-order valence-electron chi connectivity index (χ2n) is 22.6. The van der Waals surface area contributed by atoms with Crippen molar-refractivity contribution >= 4 is 11.3 Å². The number of imidazole rings is 2. The zero-order chi connectivity index (χ0) is 58.9. The molecule has 11 heteroatoms. The smallest absolute Gasteiger partial charge is 0.334 e. The van der Waals surface area contributed by atoms with E-state index < -0.39 is 0 Å². The van der Waals surface area contributed by atoms with E-state index in [1.807, 2.05) is 120 Å². The van der Waals surface area contributed by atoms with Crippen molar-refractivity contribution in [1.82, 2.24) is 9.13 Å². The molecule has 0 aliphatic carbocycles. The highest BCUT2D eigenvalue weighted by Crippen LogP contribution is 2.34. The van der Waals surface area contributed by atoms with Gasteiger partial charge in [0.05, 0.1) is 25.0 Å². The van der Waals surface area contributed by atoms with Crippen LogP contribution >= 0.6 is 11.3 Å². The van der Waals surface area contributed by atoms with Crippen LogP contribution in [0.25, 0.3) is 22.8 Å². The number of hydrogen-bond donors (Lipinski definition) is 0. The Kier molecular flexibility index (Phi) is 26.3. The lowest BCUT2D eigenvalue weighted by Gasteiger charge is -2.17. The minimum Gasteiger partial charge on any atom is -0.412 e. The molecule has 10 aromatic rings. The number of oxazole rings is 1. The maximum atomic E-state index is 4.68. The Bertz CT molecular complexity index is 3150. The van der Waals surface area contributed by atoms with Gasteiger partial charge in [0, 0.05) is 58.7 Å². The molecule has 80 heavy (non-hydrogen) atoms. The number of pyridine rings is 3. The number of aromatic nitrogens is 9. The SMILES string of the molecule is CC(C)c1cccc(C(C)C)c1-n1cc[n+](C)c1.CC(C)c1cccc(C(C)C)c1-n1cc[n+](C)c1-c1ccccc1.C[n+]1ccc(C(C)(C)C)cc1.C[n+]1ccccc1.C[n+]1ccoc1.C[n+]1ccsc1.Cc1cc[n+](C)cc1. The van der Waals surface area contributed by atoms with Crippen LogP contribution in [-0.2, 0) is 54.7 Å². The Morgan fingerprint density at radius 1 is 0.450 bits per heavy atom. The Labute approximate surface area is 485 Å². The third-order valence-electron chi connectivity index (χ3n) is 13.0. The Hall–Kier alpha value is -7.63. The van der Waals surface area contributed by atoms with Gasteiger partial charge in [0.15, 0.2) is 49.6 Å². The van der Waals surface area contributed by atoms with Crippen LogP contribution in [0, 0.1) is 6.92 Å². The molecule has 0 amide bonds. The molecule has 0 saturated carbocycles. The number of hydrogen-bond acceptors (Lipinski definition) is 2. The zero-order valence-electron chi connectivity index (χ0n) is 51.9. The molecule has 0 aliphatic rings. The molecule has 0 bridgehead atoms. The number of thiazole rings is 1. The topological polar surface area (TPSA) is 50.2 Å². The van der Waals surface area contributed by atoms with E-state index in [1.165, 1.54) is 56.1 Å². The van der Waals surface area contributed by atoms with Gasteiger partial charge in [0.25, 0.3) is 5.82 Å². The van der Waals surface area contributed by atoms with E-state index in [9.17, 15) is 0 Å². The van der Waals surface area contributed by atoms with Crippen molar-refractivity contribution < 1.29 is 36.4 Å². The quantitative estimate of drug-likeness (QED) is 0.147. The average molecular weight is 1100 g/mol. The van der Waals surface area contributed by atoms with Gasteiger partial charge in [-0.3, -0.25) is 0 Å². The summed E-state index contributed by atoms with van der Waals surface area (Å²) < 4.78 is 23.5. The van der Waals surface area contributed by atoms with E-state index in [4.69, 9.17) is 0 Å². The minimum atomic E-state index is 0.272. The fourth-order valence-electron chi connectivity index (χ4n) is 8.43. The Balaban J connectivity index is 0.000000216. The van der Waals surface area contributed by atoms with E-state index in [0.717, 1.165) is 0 Å². The standard InChI is InChI=1S/C22H27N2.C16H23N2.C10H16N.C7H10N.C6H8N.C4H6NO.C4H6NS/c1-16(2)19-12-9-13-20(17(3)4)21(19)24-15-14-23(5)22(24)18-10-7-6-8-11-18;1-12(2)14-7-6-8-15(13(3)4)16(14)18-10-9-17(5)11-18;1-10(2,3)9-5-7-11(4)8-6-9;1-7-3-5-8(2)6-4-7;1-7-5-3-2-4-6-7;2*1-5-2-3-6-4-5/h6-17H,1-5H3;6-13H,1-5H3;5-8H,1-4H3;3-6H,1-2H3;2-6H,1H3;2*2-4H,1H3/q7*+1. The molecular weight excluding hydrogens is 1000 g/mol. The third kappa shape index (κ3) is 21.2. The predicted molar refractivity (Wildman–Crippen MR) is 327 cm³/mol. The van der Waals surface area contributed by atoms with Crippen molar-refractivity contribution in [2.75, 3.05) is 0 Å². The first kappa shape index (κ1) is 64.9. The molecule has 7 aromatic heterocycles. The molecule has 10 rings (SSSR count). The summed E-state index contributed by atoms with van der Waals surface area (Å²) in [6, 6.07) is 38.5. The van der Waals surface area contributed by atoms with Gasteiger partial charge in [-0.25, -0.2) is 27.4 Å². The Morgan fingerprint density at radius 3 is 1.29 bits per heavy atom. The molecule has 0 spiro atoms. The molecule has 0 radical (unpaired) electrons. The van der Waals surface area contributed by atoms with Crippen LogP contribution < -0.4 is 32.0 Å². The summed E-state index contributed by atoms with van der Waals surface area (Å²) in [4.78, 5) is 0. The van der Waals surface area contributed by atoms with Gasteiger partial charge >= 0.3 is 6.39 Å². The molecule has 0 unspecified atom stereocenters. The van der Waals surface area contributed by atoms with Gasteiger partial charge in [-0.1, -0.05) is 148 Å². The second kappa shape index (κ2) is 32.4. The first-order chi connectivity index (χ1) is 38.0. The molecule has 10 nitrogen and oxygen atoms in total. The molecule has 3 aromatic carbocycles. The van der Waals surface area contributed by atoms with Gasteiger partial charge in [-0.15, -0.1) is 0 Å². The van der Waals surface area contributed by atoms with Crippen molar-refractivity contribution in [3.8, 4) is 22.8 Å². The van der Waals surface area contributed by atoms with Crippen LogP contribution in [0.5, 0.6) is 0 Å². The fourth-order valence-corrected chi connectivity index (χ4v) is 9.02. The van der Waals surface area contributed by atoms with Gasteiger partial charge in [0.1, 0.15) is 71.4 Å². The molecule has 0 fully saturated rings. The minimum absolute atomic E-state index is 0.272. The summed E-state index contributed by atoms with van der Waals surface area (Å²) in [5, 5.41) is 2.04. The second-order valence-corrected chi connectivity index (χ2v) is 23.4. The molecule has 0 atom stereocenters. The van der Waals surface area contributed by atoms with Crippen molar-refractivity contribution in [3.05, 3.63) is 247 Å². The van der Waals surface area contributed by atoms with Crippen LogP contribution in [0.15, 0.2) is 218 Å². The Morgan fingerprint density at radius 2 is 0.938 bits per heavy atom. The first-order valence-electron chi connectivity index (χ1n) is 27.9. The first-order valence-corrected chi connectivity index (χ1v) is 28.9. The summed E-state index contributed by atoms with van der Waals surface area (Å²) in [6.45, 7) is 26.9. The van der Waals surface area contributed by atoms with Crippen LogP contribution in [0.4, 0.5) is 0 Å². The van der Waals surface area contributed by atoms with Gasteiger partial charge in [-0.2, -0.15) is 13.7 Å². The summed E-state index contributed by atoms with van der Waals surface area (Å²) in [6.07, 6.45) is 30.0. The van der Waals surface area contributed by atoms with E-state index in [-0.39, 0.29) is 5.41 Å². The maximum absolute atomic E-state index is 4.68. The van der Waals surface area contributed by atoms with Crippen molar-refractivity contribution in [2.45, 2.75) is 112 Å².